The van der Waals surface area contributed by atoms with Gasteiger partial charge in [0.2, 0.25) is 0 Å². The van der Waals surface area contributed by atoms with E-state index < -0.39 is 0 Å². The van der Waals surface area contributed by atoms with E-state index in [-0.39, 0.29) is 17.6 Å². The normalized spacial score (nSPS) is 20.6. The molecule has 2 atom stereocenters. The molecule has 3 aromatic heterocycles. The molecule has 4 rings (SSSR count). The molecule has 4 heterocycles. The summed E-state index contributed by atoms with van der Waals surface area (Å²) in [4.78, 5) is 16.6. The SMILES string of the molecule is Cc1ccc(=O)n(C2COCC2Nc2nccn3nc(C)cc23)n1. The predicted molar refractivity (Wildman–Crippen MR) is 88.2 cm³/mol. The summed E-state index contributed by atoms with van der Waals surface area (Å²) in [5.41, 5.74) is 2.48. The first-order chi connectivity index (χ1) is 11.6. The van der Waals surface area contributed by atoms with Crippen molar-refractivity contribution < 1.29 is 4.74 Å². The Morgan fingerprint density at radius 2 is 2.08 bits per heavy atom. The zero-order chi connectivity index (χ0) is 16.7. The number of hydrogen-bond donors (Lipinski definition) is 1. The largest absolute Gasteiger partial charge is 0.377 e. The van der Waals surface area contributed by atoms with Crippen molar-refractivity contribution in [3.63, 3.8) is 0 Å². The van der Waals surface area contributed by atoms with Crippen molar-refractivity contribution in [1.82, 2.24) is 24.4 Å². The third kappa shape index (κ3) is 2.54. The molecule has 1 N–H and O–H groups in total. The predicted octanol–water partition coefficient (Wildman–Crippen LogP) is 0.955. The maximum atomic E-state index is 12.2. The van der Waals surface area contributed by atoms with Gasteiger partial charge in [0.1, 0.15) is 11.6 Å². The number of aryl methyl sites for hydroxylation is 2. The van der Waals surface area contributed by atoms with Crippen LogP contribution in [0.1, 0.15) is 17.4 Å². The molecule has 1 aliphatic heterocycles. The number of nitrogens with zero attached hydrogens (tertiary/aromatic N) is 5. The van der Waals surface area contributed by atoms with Gasteiger partial charge in [-0.05, 0) is 26.0 Å². The van der Waals surface area contributed by atoms with Crippen molar-refractivity contribution in [2.75, 3.05) is 18.5 Å². The van der Waals surface area contributed by atoms with Crippen LogP contribution >= 0.6 is 0 Å². The van der Waals surface area contributed by atoms with E-state index in [2.05, 4.69) is 20.5 Å². The monoisotopic (exact) mass is 326 g/mol. The van der Waals surface area contributed by atoms with Crippen LogP contribution in [-0.2, 0) is 4.74 Å². The highest BCUT2D eigenvalue weighted by molar-refractivity contribution is 5.68. The van der Waals surface area contributed by atoms with Gasteiger partial charge in [-0.1, -0.05) is 0 Å². The van der Waals surface area contributed by atoms with E-state index in [9.17, 15) is 4.79 Å². The molecule has 1 aliphatic rings. The maximum absolute atomic E-state index is 12.2. The summed E-state index contributed by atoms with van der Waals surface area (Å²) in [6.07, 6.45) is 3.51. The Hall–Kier alpha value is -2.74. The van der Waals surface area contributed by atoms with Crippen molar-refractivity contribution >= 4 is 11.3 Å². The van der Waals surface area contributed by atoms with Crippen molar-refractivity contribution in [3.8, 4) is 0 Å². The molecule has 2 unspecified atom stereocenters. The van der Waals surface area contributed by atoms with Crippen LogP contribution in [0.15, 0.2) is 35.4 Å². The number of rotatable bonds is 3. The number of fused-ring (bicyclic) bond motifs is 1. The smallest absolute Gasteiger partial charge is 0.267 e. The Bertz CT molecular complexity index is 947. The summed E-state index contributed by atoms with van der Waals surface area (Å²) in [6.45, 7) is 4.73. The van der Waals surface area contributed by atoms with Crippen LogP contribution in [0.4, 0.5) is 5.82 Å². The molecule has 3 aromatic rings. The lowest BCUT2D eigenvalue weighted by Gasteiger charge is -2.21. The first-order valence-corrected chi connectivity index (χ1v) is 7.83. The lowest BCUT2D eigenvalue weighted by molar-refractivity contribution is 0.182. The maximum Gasteiger partial charge on any atom is 0.267 e. The highest BCUT2D eigenvalue weighted by atomic mass is 16.5. The lowest BCUT2D eigenvalue weighted by Crippen LogP contribution is -2.37. The molecular formula is C16H18N6O2. The van der Waals surface area contributed by atoms with Crippen molar-refractivity contribution in [1.29, 1.82) is 0 Å². The topological polar surface area (TPSA) is 86.3 Å². The van der Waals surface area contributed by atoms with E-state index in [4.69, 9.17) is 4.74 Å². The highest BCUT2D eigenvalue weighted by Crippen LogP contribution is 2.23. The van der Waals surface area contributed by atoms with Gasteiger partial charge in [0.05, 0.1) is 30.6 Å². The van der Waals surface area contributed by atoms with E-state index in [1.165, 1.54) is 10.7 Å². The van der Waals surface area contributed by atoms with Crippen LogP contribution in [0.25, 0.3) is 5.52 Å². The van der Waals surface area contributed by atoms with Gasteiger partial charge < -0.3 is 10.1 Å². The van der Waals surface area contributed by atoms with Crippen molar-refractivity contribution in [2.24, 2.45) is 0 Å². The molecule has 1 saturated heterocycles. The number of ether oxygens (including phenoxy) is 1. The standard InChI is InChI=1S/C16H18N6O2/c1-10-3-4-15(23)22(20-10)14-9-24-8-12(14)18-16-13-7-11(2)19-21(13)6-5-17-16/h3-7,12,14H,8-9H2,1-2H3,(H,17,18). The van der Waals surface area contributed by atoms with Gasteiger partial charge in [-0.2, -0.15) is 10.2 Å². The van der Waals surface area contributed by atoms with Gasteiger partial charge in [0.15, 0.2) is 5.82 Å². The molecule has 8 heteroatoms. The Morgan fingerprint density at radius 3 is 2.96 bits per heavy atom. The van der Waals surface area contributed by atoms with Gasteiger partial charge in [-0.15, -0.1) is 0 Å². The number of aromatic nitrogens is 5. The molecular weight excluding hydrogens is 308 g/mol. The molecule has 24 heavy (non-hydrogen) atoms. The molecule has 0 radical (unpaired) electrons. The number of hydrogen-bond acceptors (Lipinski definition) is 6. The second-order valence-electron chi connectivity index (χ2n) is 6.00. The fourth-order valence-corrected chi connectivity index (χ4v) is 3.01. The van der Waals surface area contributed by atoms with E-state index in [1.54, 1.807) is 16.8 Å². The fourth-order valence-electron chi connectivity index (χ4n) is 3.01. The van der Waals surface area contributed by atoms with Gasteiger partial charge in [-0.25, -0.2) is 14.2 Å². The van der Waals surface area contributed by atoms with Crippen LogP contribution < -0.4 is 10.9 Å². The van der Waals surface area contributed by atoms with Gasteiger partial charge in [0.25, 0.3) is 5.56 Å². The average Bonchev–Trinajstić information content (AvgIpc) is 3.16. The summed E-state index contributed by atoms with van der Waals surface area (Å²) < 4.78 is 8.88. The molecule has 0 spiro atoms. The number of nitrogens with one attached hydrogen (secondary N) is 1. The molecule has 0 aliphatic carbocycles. The molecule has 8 nitrogen and oxygen atoms in total. The number of anilines is 1. The van der Waals surface area contributed by atoms with Gasteiger partial charge >= 0.3 is 0 Å². The zero-order valence-corrected chi connectivity index (χ0v) is 13.5. The van der Waals surface area contributed by atoms with Crippen molar-refractivity contribution in [2.45, 2.75) is 25.9 Å². The molecule has 0 saturated carbocycles. The van der Waals surface area contributed by atoms with Crippen LogP contribution in [-0.4, -0.2) is 43.6 Å². The van der Waals surface area contributed by atoms with E-state index in [0.717, 1.165) is 22.7 Å². The van der Waals surface area contributed by atoms with Crippen LogP contribution in [0, 0.1) is 13.8 Å². The molecule has 124 valence electrons. The molecule has 0 amide bonds. The second-order valence-corrected chi connectivity index (χ2v) is 6.00. The van der Waals surface area contributed by atoms with Gasteiger partial charge in [0, 0.05) is 18.5 Å². The lowest BCUT2D eigenvalue weighted by atomic mass is 10.1. The Kier molecular flexibility index (Phi) is 3.53. The highest BCUT2D eigenvalue weighted by Gasteiger charge is 2.32. The van der Waals surface area contributed by atoms with Crippen LogP contribution in [0.5, 0.6) is 0 Å². The summed E-state index contributed by atoms with van der Waals surface area (Å²) in [7, 11) is 0. The first kappa shape index (κ1) is 14.8. The van der Waals surface area contributed by atoms with E-state index in [1.807, 2.05) is 26.1 Å². The fraction of sp³-hybridized carbons (Fsp3) is 0.375. The Balaban J connectivity index is 1.68. The van der Waals surface area contributed by atoms with Crippen LogP contribution in [0.3, 0.4) is 0 Å². The average molecular weight is 326 g/mol. The molecule has 0 bridgehead atoms. The third-order valence-electron chi connectivity index (χ3n) is 4.16. The summed E-state index contributed by atoms with van der Waals surface area (Å²) in [5.74, 6) is 0.722. The summed E-state index contributed by atoms with van der Waals surface area (Å²) >= 11 is 0. The quantitative estimate of drug-likeness (QED) is 0.771. The third-order valence-corrected chi connectivity index (χ3v) is 4.16. The Labute approximate surface area is 138 Å². The minimum Gasteiger partial charge on any atom is -0.377 e. The van der Waals surface area contributed by atoms with E-state index >= 15 is 0 Å². The first-order valence-electron chi connectivity index (χ1n) is 7.83. The summed E-state index contributed by atoms with van der Waals surface area (Å²) in [6, 6.07) is 4.96. The summed E-state index contributed by atoms with van der Waals surface area (Å²) in [5, 5.41) is 12.1. The molecule has 1 fully saturated rings. The van der Waals surface area contributed by atoms with Crippen LogP contribution in [0.2, 0.25) is 0 Å². The second kappa shape index (κ2) is 5.72. The van der Waals surface area contributed by atoms with Gasteiger partial charge in [-0.3, -0.25) is 4.79 Å². The Morgan fingerprint density at radius 1 is 1.21 bits per heavy atom. The minimum absolute atomic E-state index is 0.0918. The minimum atomic E-state index is -0.177. The zero-order valence-electron chi connectivity index (χ0n) is 13.5. The molecule has 0 aromatic carbocycles. The van der Waals surface area contributed by atoms with Crippen molar-refractivity contribution in [3.05, 3.63) is 52.3 Å². The van der Waals surface area contributed by atoms with E-state index in [0.29, 0.717) is 13.2 Å².